The molecule has 1 aromatic rings. The van der Waals surface area contributed by atoms with E-state index in [1.807, 2.05) is 23.1 Å². The van der Waals surface area contributed by atoms with Gasteiger partial charge in [-0.25, -0.2) is 0 Å². The van der Waals surface area contributed by atoms with Gasteiger partial charge in [-0.2, -0.15) is 0 Å². The van der Waals surface area contributed by atoms with Gasteiger partial charge in [0.2, 0.25) is 12.7 Å². The van der Waals surface area contributed by atoms with Crippen molar-refractivity contribution in [3.8, 4) is 11.5 Å². The molecule has 0 saturated carbocycles. The molecular formula is C18H23NO4. The molecule has 4 rings (SSSR count). The zero-order valence-corrected chi connectivity index (χ0v) is 13.4. The Bertz CT molecular complexity index is 595. The maximum atomic E-state index is 12.6. The van der Waals surface area contributed by atoms with E-state index in [4.69, 9.17) is 14.2 Å². The van der Waals surface area contributed by atoms with Gasteiger partial charge in [0.05, 0.1) is 6.61 Å². The molecule has 0 bridgehead atoms. The van der Waals surface area contributed by atoms with Crippen molar-refractivity contribution >= 4 is 5.91 Å². The lowest BCUT2D eigenvalue weighted by molar-refractivity contribution is -0.134. The summed E-state index contributed by atoms with van der Waals surface area (Å²) in [6, 6.07) is 5.93. The number of carbonyl (C=O) groups excluding carboxylic acids is 1. The molecule has 0 aromatic heterocycles. The Morgan fingerprint density at radius 3 is 3.00 bits per heavy atom. The van der Waals surface area contributed by atoms with Crippen molar-refractivity contribution in [3.05, 3.63) is 23.8 Å². The fraction of sp³-hybridized carbons (Fsp3) is 0.611. The van der Waals surface area contributed by atoms with Crippen LogP contribution in [0.15, 0.2) is 18.2 Å². The maximum absolute atomic E-state index is 12.6. The second-order valence-electron chi connectivity index (χ2n) is 6.91. The smallest absolute Gasteiger partial charge is 0.231 e. The van der Waals surface area contributed by atoms with Gasteiger partial charge >= 0.3 is 0 Å². The fourth-order valence-electron chi connectivity index (χ4n) is 3.90. The van der Waals surface area contributed by atoms with Gasteiger partial charge in [-0.1, -0.05) is 6.07 Å². The van der Waals surface area contributed by atoms with E-state index in [-0.39, 0.29) is 18.1 Å². The van der Waals surface area contributed by atoms with Crippen molar-refractivity contribution in [3.63, 3.8) is 0 Å². The first kappa shape index (κ1) is 14.8. The van der Waals surface area contributed by atoms with E-state index in [1.165, 1.54) is 6.42 Å². The summed E-state index contributed by atoms with van der Waals surface area (Å²) in [4.78, 5) is 14.6. The van der Waals surface area contributed by atoms with E-state index in [1.54, 1.807) is 0 Å². The summed E-state index contributed by atoms with van der Waals surface area (Å²) in [6.07, 6.45) is 4.68. The molecule has 3 aliphatic rings. The first-order valence-electron chi connectivity index (χ1n) is 8.48. The van der Waals surface area contributed by atoms with Crippen LogP contribution in [0.3, 0.4) is 0 Å². The van der Waals surface area contributed by atoms with E-state index in [0.29, 0.717) is 6.42 Å². The quantitative estimate of drug-likeness (QED) is 0.859. The van der Waals surface area contributed by atoms with Crippen LogP contribution in [0.25, 0.3) is 0 Å². The number of benzene rings is 1. The zero-order valence-electron chi connectivity index (χ0n) is 13.4. The zero-order chi connectivity index (χ0) is 15.7. The molecule has 1 aromatic carbocycles. The third-order valence-electron chi connectivity index (χ3n) is 5.26. The molecule has 3 aliphatic heterocycles. The molecular weight excluding hydrogens is 294 g/mol. The topological polar surface area (TPSA) is 48.0 Å². The number of hydrogen-bond acceptors (Lipinski definition) is 4. The minimum Gasteiger partial charge on any atom is -0.454 e. The van der Waals surface area contributed by atoms with Gasteiger partial charge in [0, 0.05) is 31.5 Å². The fourth-order valence-corrected chi connectivity index (χ4v) is 3.90. The molecule has 0 aliphatic carbocycles. The summed E-state index contributed by atoms with van der Waals surface area (Å²) in [5, 5.41) is 0. The van der Waals surface area contributed by atoms with Crippen LogP contribution in [0.1, 0.15) is 31.2 Å². The van der Waals surface area contributed by atoms with Gasteiger partial charge in [-0.3, -0.25) is 4.79 Å². The lowest BCUT2D eigenvalue weighted by atomic mass is 9.79. The summed E-state index contributed by atoms with van der Waals surface area (Å²) in [7, 11) is 0. The van der Waals surface area contributed by atoms with E-state index in [0.717, 1.165) is 62.6 Å². The average Bonchev–Trinajstić information content (AvgIpc) is 3.21. The number of carbonyl (C=O) groups is 1. The van der Waals surface area contributed by atoms with Gasteiger partial charge in [0.1, 0.15) is 0 Å². The van der Waals surface area contributed by atoms with Crippen molar-refractivity contribution in [2.45, 2.75) is 32.1 Å². The minimum absolute atomic E-state index is 0.229. The van der Waals surface area contributed by atoms with Gasteiger partial charge in [0.15, 0.2) is 11.5 Å². The normalized spacial score (nSPS) is 26.0. The summed E-state index contributed by atoms with van der Waals surface area (Å²) < 4.78 is 16.3. The highest BCUT2D eigenvalue weighted by atomic mass is 16.7. The molecule has 0 radical (unpaired) electrons. The minimum atomic E-state index is 0.229. The van der Waals surface area contributed by atoms with E-state index in [2.05, 4.69) is 0 Å². The maximum Gasteiger partial charge on any atom is 0.231 e. The SMILES string of the molecule is O=C(CCc1ccc2c(c1)OCO2)N1CCC[C@]2(CCOC2)C1. The Morgan fingerprint density at radius 1 is 1.22 bits per heavy atom. The number of piperidine rings is 1. The number of ether oxygens (including phenoxy) is 3. The molecule has 1 atom stereocenters. The van der Waals surface area contributed by atoms with Gasteiger partial charge < -0.3 is 19.1 Å². The first-order valence-corrected chi connectivity index (χ1v) is 8.48. The van der Waals surface area contributed by atoms with Crippen LogP contribution >= 0.6 is 0 Å². The van der Waals surface area contributed by atoms with E-state index in [9.17, 15) is 4.79 Å². The van der Waals surface area contributed by atoms with Crippen molar-refractivity contribution in [1.82, 2.24) is 4.90 Å². The monoisotopic (exact) mass is 317 g/mol. The highest BCUT2D eigenvalue weighted by Crippen LogP contribution is 2.38. The second-order valence-corrected chi connectivity index (χ2v) is 6.91. The Balaban J connectivity index is 1.34. The van der Waals surface area contributed by atoms with Crippen LogP contribution in [-0.4, -0.2) is 43.9 Å². The third kappa shape index (κ3) is 3.02. The summed E-state index contributed by atoms with van der Waals surface area (Å²) in [5.41, 5.74) is 1.35. The van der Waals surface area contributed by atoms with Gasteiger partial charge in [-0.05, 0) is 43.4 Å². The average molecular weight is 317 g/mol. The van der Waals surface area contributed by atoms with Crippen LogP contribution in [0.5, 0.6) is 11.5 Å². The van der Waals surface area contributed by atoms with Crippen molar-refractivity contribution < 1.29 is 19.0 Å². The number of rotatable bonds is 3. The molecule has 0 N–H and O–H groups in total. The van der Waals surface area contributed by atoms with Crippen molar-refractivity contribution in [2.24, 2.45) is 5.41 Å². The molecule has 124 valence electrons. The summed E-state index contributed by atoms with van der Waals surface area (Å²) in [5.74, 6) is 1.84. The highest BCUT2D eigenvalue weighted by Gasteiger charge is 2.40. The second kappa shape index (κ2) is 6.04. The molecule has 1 amide bonds. The van der Waals surface area contributed by atoms with Crippen LogP contribution in [-0.2, 0) is 16.0 Å². The molecule has 2 fully saturated rings. The van der Waals surface area contributed by atoms with Gasteiger partial charge in [-0.15, -0.1) is 0 Å². The number of hydrogen-bond donors (Lipinski definition) is 0. The molecule has 5 nitrogen and oxygen atoms in total. The van der Waals surface area contributed by atoms with Gasteiger partial charge in [0.25, 0.3) is 0 Å². The van der Waals surface area contributed by atoms with Crippen molar-refractivity contribution in [2.75, 3.05) is 33.1 Å². The Hall–Kier alpha value is -1.75. The molecule has 23 heavy (non-hydrogen) atoms. The standard InChI is InChI=1S/C18H23NO4/c20-17(19-8-1-6-18(11-19)7-9-21-12-18)5-3-14-2-4-15-16(10-14)23-13-22-15/h2,4,10H,1,3,5-9,11-13H2/t18-/m0/s1. The Morgan fingerprint density at radius 2 is 2.13 bits per heavy atom. The Labute approximate surface area is 136 Å². The number of likely N-dealkylation sites (tertiary alicyclic amines) is 1. The lowest BCUT2D eigenvalue weighted by Crippen LogP contribution is -2.46. The van der Waals surface area contributed by atoms with E-state index >= 15 is 0 Å². The predicted octanol–water partition coefficient (Wildman–Crippen LogP) is 2.38. The third-order valence-corrected chi connectivity index (χ3v) is 5.26. The van der Waals surface area contributed by atoms with Crippen LogP contribution < -0.4 is 9.47 Å². The number of aryl methyl sites for hydroxylation is 1. The van der Waals surface area contributed by atoms with E-state index < -0.39 is 0 Å². The number of nitrogens with zero attached hydrogens (tertiary/aromatic N) is 1. The molecule has 2 saturated heterocycles. The molecule has 5 heteroatoms. The summed E-state index contributed by atoms with van der Waals surface area (Å²) in [6.45, 7) is 3.71. The van der Waals surface area contributed by atoms with Crippen LogP contribution in [0, 0.1) is 5.41 Å². The Kier molecular flexibility index (Phi) is 3.89. The number of fused-ring (bicyclic) bond motifs is 1. The van der Waals surface area contributed by atoms with Crippen LogP contribution in [0.4, 0.5) is 0 Å². The molecule has 1 spiro atoms. The first-order chi connectivity index (χ1) is 11.2. The van der Waals surface area contributed by atoms with Crippen molar-refractivity contribution in [1.29, 1.82) is 0 Å². The molecule has 3 heterocycles. The lowest BCUT2D eigenvalue weighted by Gasteiger charge is -2.39. The summed E-state index contributed by atoms with van der Waals surface area (Å²) >= 11 is 0. The largest absolute Gasteiger partial charge is 0.454 e. The predicted molar refractivity (Wildman–Crippen MR) is 84.6 cm³/mol. The van der Waals surface area contributed by atoms with Crippen LogP contribution in [0.2, 0.25) is 0 Å². The highest BCUT2D eigenvalue weighted by molar-refractivity contribution is 5.76. The number of amides is 1. The molecule has 0 unspecified atom stereocenters.